The summed E-state index contributed by atoms with van der Waals surface area (Å²) in [7, 11) is 0. The number of anilines is 1. The predicted octanol–water partition coefficient (Wildman–Crippen LogP) is 3.74. The monoisotopic (exact) mass is 391 g/mol. The molecule has 0 saturated heterocycles. The third-order valence-electron chi connectivity index (χ3n) is 5.56. The van der Waals surface area contributed by atoms with Gasteiger partial charge in [0.1, 0.15) is 5.65 Å². The first kappa shape index (κ1) is 18.1. The first-order valence-corrected chi connectivity index (χ1v) is 10.3. The molecule has 29 heavy (non-hydrogen) atoms. The van der Waals surface area contributed by atoms with Crippen molar-refractivity contribution in [1.82, 2.24) is 29.5 Å². The number of nitrogens with zero attached hydrogens (tertiary/aromatic N) is 5. The number of aromatic amines is 1. The number of aromatic nitrogens is 6. The van der Waals surface area contributed by atoms with Crippen LogP contribution in [0.15, 0.2) is 30.7 Å². The molecule has 0 spiro atoms. The van der Waals surface area contributed by atoms with E-state index in [4.69, 9.17) is 4.74 Å². The maximum atomic E-state index is 5.74. The maximum Gasteiger partial charge on any atom is 0.224 e. The molecule has 4 heterocycles. The van der Waals surface area contributed by atoms with E-state index in [2.05, 4.69) is 37.3 Å². The summed E-state index contributed by atoms with van der Waals surface area (Å²) in [4.78, 5) is 16.9. The standard InChI is InChI=1S/C21H25N7O/c1-3-29-15-6-4-14(5-7-15)25-21-23-11-17-16(10-22-20(17)26-21)18-8-9-19-24-13(2)12-28(19)27-18/h8-12,14-15H,3-7H2,1-2H3,(H2,22,23,25,26)/t14-,15+. The number of rotatable bonds is 5. The predicted molar refractivity (Wildman–Crippen MR) is 112 cm³/mol. The third kappa shape index (κ3) is 3.55. The lowest BCUT2D eigenvalue weighted by Crippen LogP contribution is -2.30. The van der Waals surface area contributed by atoms with Crippen molar-refractivity contribution in [1.29, 1.82) is 0 Å². The van der Waals surface area contributed by atoms with Crippen molar-refractivity contribution in [3.05, 3.63) is 36.4 Å². The highest BCUT2D eigenvalue weighted by molar-refractivity contribution is 5.92. The van der Waals surface area contributed by atoms with Crippen LogP contribution in [0.3, 0.4) is 0 Å². The van der Waals surface area contributed by atoms with Gasteiger partial charge in [0.15, 0.2) is 5.65 Å². The molecule has 0 bridgehead atoms. The van der Waals surface area contributed by atoms with E-state index in [1.54, 1.807) is 4.52 Å². The van der Waals surface area contributed by atoms with Crippen LogP contribution in [0.5, 0.6) is 0 Å². The second-order valence-electron chi connectivity index (χ2n) is 7.64. The molecule has 8 heteroatoms. The van der Waals surface area contributed by atoms with E-state index >= 15 is 0 Å². The molecule has 0 atom stereocenters. The Morgan fingerprint density at radius 3 is 2.90 bits per heavy atom. The van der Waals surface area contributed by atoms with Gasteiger partial charge < -0.3 is 15.0 Å². The molecule has 1 aliphatic carbocycles. The van der Waals surface area contributed by atoms with E-state index in [1.165, 1.54) is 0 Å². The number of H-pyrrole nitrogens is 1. The van der Waals surface area contributed by atoms with Gasteiger partial charge in [-0.05, 0) is 51.7 Å². The minimum Gasteiger partial charge on any atom is -0.379 e. The number of hydrogen-bond donors (Lipinski definition) is 2. The molecule has 4 aromatic rings. The van der Waals surface area contributed by atoms with Gasteiger partial charge in [-0.2, -0.15) is 10.1 Å². The Balaban J connectivity index is 1.35. The zero-order valence-electron chi connectivity index (χ0n) is 16.7. The van der Waals surface area contributed by atoms with E-state index in [9.17, 15) is 0 Å². The Morgan fingerprint density at radius 2 is 2.07 bits per heavy atom. The fraction of sp³-hybridized carbons (Fsp3) is 0.429. The first-order chi connectivity index (χ1) is 14.2. The van der Waals surface area contributed by atoms with E-state index in [1.807, 2.05) is 37.6 Å². The average Bonchev–Trinajstić information content (AvgIpc) is 3.31. The Kier molecular flexibility index (Phi) is 4.63. The second-order valence-corrected chi connectivity index (χ2v) is 7.64. The molecule has 150 valence electrons. The summed E-state index contributed by atoms with van der Waals surface area (Å²) < 4.78 is 7.54. The van der Waals surface area contributed by atoms with Gasteiger partial charge in [0.25, 0.3) is 0 Å². The summed E-state index contributed by atoms with van der Waals surface area (Å²) in [5.74, 6) is 0.666. The first-order valence-electron chi connectivity index (χ1n) is 10.3. The smallest absolute Gasteiger partial charge is 0.224 e. The highest BCUT2D eigenvalue weighted by Gasteiger charge is 2.22. The summed E-state index contributed by atoms with van der Waals surface area (Å²) in [5, 5.41) is 9.12. The largest absolute Gasteiger partial charge is 0.379 e. The quantitative estimate of drug-likeness (QED) is 0.538. The minimum atomic E-state index is 0.396. The Bertz CT molecular complexity index is 1140. The highest BCUT2D eigenvalue weighted by Crippen LogP contribution is 2.28. The second kappa shape index (κ2) is 7.44. The summed E-state index contributed by atoms with van der Waals surface area (Å²) in [6.07, 6.45) is 10.5. The van der Waals surface area contributed by atoms with Gasteiger partial charge in [-0.3, -0.25) is 0 Å². The molecular formula is C21H25N7O. The van der Waals surface area contributed by atoms with Crippen LogP contribution in [0.1, 0.15) is 38.3 Å². The molecule has 1 aliphatic rings. The fourth-order valence-electron chi connectivity index (χ4n) is 4.12. The SMILES string of the molecule is CCO[C@H]1CC[C@@H](Nc2ncc3c(-c4ccc5nc(C)cn5n4)c[nH]c3n2)CC1. The molecule has 0 unspecified atom stereocenters. The van der Waals surface area contributed by atoms with Crippen LogP contribution in [0.25, 0.3) is 27.9 Å². The maximum absolute atomic E-state index is 5.74. The number of ether oxygens (including phenoxy) is 1. The van der Waals surface area contributed by atoms with Crippen molar-refractivity contribution in [2.75, 3.05) is 11.9 Å². The molecule has 0 radical (unpaired) electrons. The van der Waals surface area contributed by atoms with Crippen LogP contribution in [0, 0.1) is 6.92 Å². The molecule has 1 fully saturated rings. The van der Waals surface area contributed by atoms with Gasteiger partial charge in [0.05, 0.1) is 23.7 Å². The van der Waals surface area contributed by atoms with Gasteiger partial charge in [0.2, 0.25) is 5.95 Å². The lowest BCUT2D eigenvalue weighted by Gasteiger charge is -2.28. The van der Waals surface area contributed by atoms with Gasteiger partial charge in [-0.25, -0.2) is 14.5 Å². The molecule has 1 saturated carbocycles. The van der Waals surface area contributed by atoms with Gasteiger partial charge >= 0.3 is 0 Å². The molecule has 4 aromatic heterocycles. The van der Waals surface area contributed by atoms with Gasteiger partial charge in [-0.1, -0.05) is 0 Å². The van der Waals surface area contributed by atoms with E-state index in [0.29, 0.717) is 18.1 Å². The Labute approximate surface area is 168 Å². The van der Waals surface area contributed by atoms with Crippen molar-refractivity contribution in [3.63, 3.8) is 0 Å². The van der Waals surface area contributed by atoms with Crippen molar-refractivity contribution in [3.8, 4) is 11.3 Å². The van der Waals surface area contributed by atoms with Crippen LogP contribution in [-0.2, 0) is 4.74 Å². The topological polar surface area (TPSA) is 93.0 Å². The van der Waals surface area contributed by atoms with Crippen molar-refractivity contribution in [2.24, 2.45) is 0 Å². The number of nitrogens with one attached hydrogen (secondary N) is 2. The van der Waals surface area contributed by atoms with Crippen LogP contribution in [0.4, 0.5) is 5.95 Å². The number of hydrogen-bond acceptors (Lipinski definition) is 6. The summed E-state index contributed by atoms with van der Waals surface area (Å²) in [6, 6.07) is 4.35. The molecule has 2 N–H and O–H groups in total. The molecule has 8 nitrogen and oxygen atoms in total. The number of fused-ring (bicyclic) bond motifs is 2. The van der Waals surface area contributed by atoms with Crippen molar-refractivity contribution in [2.45, 2.75) is 51.7 Å². The Morgan fingerprint density at radius 1 is 1.21 bits per heavy atom. The summed E-state index contributed by atoms with van der Waals surface area (Å²) in [5.41, 5.74) is 4.44. The lowest BCUT2D eigenvalue weighted by molar-refractivity contribution is 0.0346. The average molecular weight is 391 g/mol. The highest BCUT2D eigenvalue weighted by atomic mass is 16.5. The van der Waals surface area contributed by atoms with Crippen LogP contribution >= 0.6 is 0 Å². The van der Waals surface area contributed by atoms with Crippen molar-refractivity contribution < 1.29 is 4.74 Å². The molecule has 0 aromatic carbocycles. The van der Waals surface area contributed by atoms with Crippen LogP contribution in [-0.4, -0.2) is 48.3 Å². The van der Waals surface area contributed by atoms with Gasteiger partial charge in [-0.15, -0.1) is 0 Å². The minimum absolute atomic E-state index is 0.396. The summed E-state index contributed by atoms with van der Waals surface area (Å²) >= 11 is 0. The number of imidazole rings is 1. The van der Waals surface area contributed by atoms with Crippen LogP contribution < -0.4 is 5.32 Å². The summed E-state index contributed by atoms with van der Waals surface area (Å²) in [6.45, 7) is 4.81. The fourth-order valence-corrected chi connectivity index (χ4v) is 4.12. The Hall–Kier alpha value is -3.00. The normalized spacial score (nSPS) is 19.8. The zero-order chi connectivity index (χ0) is 19.8. The third-order valence-corrected chi connectivity index (χ3v) is 5.56. The molecular weight excluding hydrogens is 366 g/mol. The molecule has 5 rings (SSSR count). The van der Waals surface area contributed by atoms with E-state index in [0.717, 1.165) is 65.9 Å². The van der Waals surface area contributed by atoms with Crippen LogP contribution in [0.2, 0.25) is 0 Å². The van der Waals surface area contributed by atoms with Crippen molar-refractivity contribution >= 4 is 22.6 Å². The van der Waals surface area contributed by atoms with E-state index in [-0.39, 0.29) is 0 Å². The lowest BCUT2D eigenvalue weighted by atomic mass is 9.93. The van der Waals surface area contributed by atoms with E-state index < -0.39 is 0 Å². The number of aryl methyl sites for hydroxylation is 1. The zero-order valence-corrected chi connectivity index (χ0v) is 16.7. The molecule has 0 aliphatic heterocycles. The van der Waals surface area contributed by atoms with Gasteiger partial charge in [0, 0.05) is 36.0 Å². The molecule has 0 amide bonds.